The van der Waals surface area contributed by atoms with Crippen LogP contribution in [0.1, 0.15) is 81.0 Å². The topological polar surface area (TPSA) is 151 Å². The Kier molecular flexibility index (Phi) is 9.00. The number of aromatic hydroxyl groups is 2. The van der Waals surface area contributed by atoms with Crippen molar-refractivity contribution in [1.29, 1.82) is 0 Å². The van der Waals surface area contributed by atoms with E-state index < -0.39 is 47.7 Å². The minimum atomic E-state index is -1.38. The van der Waals surface area contributed by atoms with Crippen LogP contribution >= 0.6 is 0 Å². The Hall–Kier alpha value is -2.24. The number of hydrogen-bond donors (Lipinski definition) is 4. The molecule has 202 valence electrons. The first-order valence-electron chi connectivity index (χ1n) is 12.5. The average molecular weight is 510 g/mol. The lowest BCUT2D eigenvalue weighted by Crippen LogP contribution is -2.55. The van der Waals surface area contributed by atoms with Crippen LogP contribution in [0.3, 0.4) is 0 Å². The van der Waals surface area contributed by atoms with Gasteiger partial charge in [0.05, 0.1) is 41.8 Å². The van der Waals surface area contributed by atoms with Gasteiger partial charge < -0.3 is 39.5 Å². The van der Waals surface area contributed by atoms with Crippen LogP contribution in [-0.2, 0) is 19.0 Å². The molecule has 2 aliphatic rings. The van der Waals surface area contributed by atoms with Crippen molar-refractivity contribution in [3.63, 3.8) is 0 Å². The van der Waals surface area contributed by atoms with Gasteiger partial charge in [0.25, 0.3) is 0 Å². The van der Waals surface area contributed by atoms with Gasteiger partial charge in [0.15, 0.2) is 17.7 Å². The summed E-state index contributed by atoms with van der Waals surface area (Å²) < 4.78 is 17.0. The molecule has 10 nitrogen and oxygen atoms in total. The van der Waals surface area contributed by atoms with Crippen molar-refractivity contribution in [1.82, 2.24) is 0 Å². The Morgan fingerprint density at radius 1 is 1.25 bits per heavy atom. The number of benzene rings is 1. The fraction of sp³-hybridized carbons (Fsp3) is 0.692. The second kappa shape index (κ2) is 11.4. The maximum absolute atomic E-state index is 13.9. The molecule has 0 aliphatic carbocycles. The van der Waals surface area contributed by atoms with E-state index in [0.717, 1.165) is 6.21 Å². The zero-order chi connectivity index (χ0) is 26.8. The number of epoxide rings is 1. The van der Waals surface area contributed by atoms with Crippen LogP contribution in [0, 0.1) is 11.8 Å². The molecule has 3 rings (SSSR count). The van der Waals surface area contributed by atoms with E-state index in [1.54, 1.807) is 0 Å². The van der Waals surface area contributed by atoms with Gasteiger partial charge in [-0.3, -0.25) is 4.79 Å². The van der Waals surface area contributed by atoms with Crippen LogP contribution in [0.15, 0.2) is 11.2 Å². The summed E-state index contributed by atoms with van der Waals surface area (Å²) in [6.07, 6.45) is -1.19. The zero-order valence-electron chi connectivity index (χ0n) is 21.8. The standard InChI is InChI=1S/C26H39NO9/c1-7-9-14(18-11-19(28)26(25(32)35-18)20(8-2)36-26)21(29)15-10-16(24(33-5)13(3)4)23(31)17(22(15)30)12-27-34-6/h10,12-14,18-20,24-25,28,30-32H,7-9,11H2,1-6H3/b27-12+. The number of carbonyl (C=O) groups is 1. The first kappa shape index (κ1) is 28.3. The van der Waals surface area contributed by atoms with Crippen molar-refractivity contribution in [2.75, 3.05) is 14.2 Å². The molecule has 7 unspecified atom stereocenters. The van der Waals surface area contributed by atoms with Crippen LogP contribution in [0.2, 0.25) is 0 Å². The van der Waals surface area contributed by atoms with E-state index in [1.165, 1.54) is 20.3 Å². The molecule has 0 radical (unpaired) electrons. The summed E-state index contributed by atoms with van der Waals surface area (Å²) in [5.41, 5.74) is -0.951. The summed E-state index contributed by atoms with van der Waals surface area (Å²) in [6, 6.07) is 1.43. The Labute approximate surface area is 211 Å². The van der Waals surface area contributed by atoms with E-state index in [4.69, 9.17) is 19.0 Å². The average Bonchev–Trinajstić information content (AvgIpc) is 3.58. The molecule has 0 amide bonds. The van der Waals surface area contributed by atoms with Crippen molar-refractivity contribution in [2.45, 2.75) is 89.7 Å². The second-order valence-electron chi connectivity index (χ2n) is 9.85. The maximum atomic E-state index is 13.9. The number of rotatable bonds is 11. The number of methoxy groups -OCH3 is 1. The summed E-state index contributed by atoms with van der Waals surface area (Å²) in [6.45, 7) is 7.62. The van der Waals surface area contributed by atoms with Gasteiger partial charge in [0.2, 0.25) is 0 Å². The van der Waals surface area contributed by atoms with E-state index in [0.29, 0.717) is 24.8 Å². The Balaban J connectivity index is 2.03. The molecule has 4 N–H and O–H groups in total. The molecule has 0 aromatic heterocycles. The monoisotopic (exact) mass is 509 g/mol. The van der Waals surface area contributed by atoms with Crippen molar-refractivity contribution < 1.29 is 44.3 Å². The van der Waals surface area contributed by atoms with Gasteiger partial charge in [0, 0.05) is 25.0 Å². The van der Waals surface area contributed by atoms with Crippen LogP contribution in [0.4, 0.5) is 0 Å². The smallest absolute Gasteiger partial charge is 0.189 e. The molecule has 0 bridgehead atoms. The minimum absolute atomic E-state index is 0.0384. The Morgan fingerprint density at radius 2 is 1.94 bits per heavy atom. The summed E-state index contributed by atoms with van der Waals surface area (Å²) in [5.74, 6) is -1.99. The molecule has 10 heteroatoms. The van der Waals surface area contributed by atoms with Gasteiger partial charge in [-0.25, -0.2) is 0 Å². The lowest BCUT2D eigenvalue weighted by atomic mass is 9.80. The summed E-state index contributed by atoms with van der Waals surface area (Å²) in [7, 11) is 2.82. The molecule has 1 aromatic rings. The fourth-order valence-electron chi connectivity index (χ4n) is 5.37. The number of carbonyl (C=O) groups excluding carboxylic acids is 1. The number of ketones is 1. The highest BCUT2D eigenvalue weighted by Gasteiger charge is 2.68. The number of nitrogens with zero attached hydrogens (tertiary/aromatic N) is 1. The number of aliphatic hydroxyl groups is 2. The normalized spacial score (nSPS) is 29.6. The van der Waals surface area contributed by atoms with E-state index in [2.05, 4.69) is 5.16 Å². The third-order valence-electron chi connectivity index (χ3n) is 7.27. The lowest BCUT2D eigenvalue weighted by molar-refractivity contribution is -0.239. The lowest BCUT2D eigenvalue weighted by Gasteiger charge is -2.39. The molecule has 2 fully saturated rings. The number of phenols is 2. The Bertz CT molecular complexity index is 951. The molecule has 2 heterocycles. The molecular weight excluding hydrogens is 470 g/mol. The van der Waals surface area contributed by atoms with Gasteiger partial charge in [-0.2, -0.15) is 0 Å². The molecule has 36 heavy (non-hydrogen) atoms. The van der Waals surface area contributed by atoms with Crippen molar-refractivity contribution in [3.05, 3.63) is 22.8 Å². The van der Waals surface area contributed by atoms with Crippen molar-refractivity contribution in [3.8, 4) is 11.5 Å². The number of ether oxygens (including phenoxy) is 3. The molecule has 2 saturated heterocycles. The third kappa shape index (κ3) is 4.97. The first-order valence-corrected chi connectivity index (χ1v) is 12.5. The molecule has 1 spiro atoms. The molecule has 2 aliphatic heterocycles. The van der Waals surface area contributed by atoms with Crippen LogP contribution in [0.5, 0.6) is 11.5 Å². The minimum Gasteiger partial charge on any atom is -0.507 e. The number of hydrogen-bond acceptors (Lipinski definition) is 10. The van der Waals surface area contributed by atoms with Gasteiger partial charge >= 0.3 is 0 Å². The van der Waals surface area contributed by atoms with E-state index in [9.17, 15) is 25.2 Å². The highest BCUT2D eigenvalue weighted by molar-refractivity contribution is 6.04. The van der Waals surface area contributed by atoms with Crippen LogP contribution in [0.25, 0.3) is 0 Å². The summed E-state index contributed by atoms with van der Waals surface area (Å²) in [4.78, 5) is 18.6. The zero-order valence-corrected chi connectivity index (χ0v) is 21.8. The predicted molar refractivity (Wildman–Crippen MR) is 131 cm³/mol. The third-order valence-corrected chi connectivity index (χ3v) is 7.27. The quantitative estimate of drug-likeness (QED) is 0.153. The van der Waals surface area contributed by atoms with E-state index in [-0.39, 0.29) is 35.3 Å². The maximum Gasteiger partial charge on any atom is 0.189 e. The number of Topliss-reactive ketones (excluding diaryl/α,β-unsaturated/α-hetero) is 1. The number of oxime groups is 1. The van der Waals surface area contributed by atoms with E-state index >= 15 is 0 Å². The highest BCUT2D eigenvalue weighted by Crippen LogP contribution is 2.50. The van der Waals surface area contributed by atoms with Crippen molar-refractivity contribution >= 4 is 12.0 Å². The molecule has 0 saturated carbocycles. The summed E-state index contributed by atoms with van der Waals surface area (Å²) >= 11 is 0. The fourth-order valence-corrected chi connectivity index (χ4v) is 5.37. The van der Waals surface area contributed by atoms with E-state index in [1.807, 2.05) is 27.7 Å². The largest absolute Gasteiger partial charge is 0.507 e. The molecule has 7 atom stereocenters. The second-order valence-corrected chi connectivity index (χ2v) is 9.85. The van der Waals surface area contributed by atoms with Gasteiger partial charge in [-0.1, -0.05) is 39.3 Å². The predicted octanol–water partition coefficient (Wildman–Crippen LogP) is 3.04. The van der Waals surface area contributed by atoms with Gasteiger partial charge in [0.1, 0.15) is 18.6 Å². The van der Waals surface area contributed by atoms with Crippen LogP contribution in [-0.4, -0.2) is 76.8 Å². The molecular formula is C26H39NO9. The summed E-state index contributed by atoms with van der Waals surface area (Å²) in [5, 5.41) is 47.2. The first-order chi connectivity index (χ1) is 17.1. The van der Waals surface area contributed by atoms with Gasteiger partial charge in [-0.05, 0) is 24.8 Å². The number of aliphatic hydroxyl groups excluding tert-OH is 2. The SMILES string of the molecule is CCCC(C(=O)c1cc(C(OC)C(C)C)c(O)c(/C=N/OC)c1O)C1CC(O)C2(OC2CC)C(O)O1. The number of phenolic OH excluding ortho intramolecular Hbond substituents is 2. The van der Waals surface area contributed by atoms with Crippen LogP contribution < -0.4 is 0 Å². The molecule has 1 aromatic carbocycles. The van der Waals surface area contributed by atoms with Gasteiger partial charge in [-0.15, -0.1) is 0 Å². The Morgan fingerprint density at radius 3 is 2.44 bits per heavy atom. The highest BCUT2D eigenvalue weighted by atomic mass is 16.7. The van der Waals surface area contributed by atoms with Crippen molar-refractivity contribution in [2.24, 2.45) is 17.0 Å².